The van der Waals surface area contributed by atoms with Crippen molar-refractivity contribution >= 4 is 43.9 Å². The number of sulfonamides is 1. The van der Waals surface area contributed by atoms with Crippen LogP contribution in [0.25, 0.3) is 0 Å². The lowest BCUT2D eigenvalue weighted by Crippen LogP contribution is -2.26. The van der Waals surface area contributed by atoms with Gasteiger partial charge in [-0.05, 0) is 24.3 Å². The molecule has 1 aromatic carbocycles. The summed E-state index contributed by atoms with van der Waals surface area (Å²) in [5.74, 6) is 2.16. The van der Waals surface area contributed by atoms with Crippen molar-refractivity contribution in [1.29, 1.82) is 0 Å². The van der Waals surface area contributed by atoms with Crippen molar-refractivity contribution in [2.24, 2.45) is 0 Å². The predicted molar refractivity (Wildman–Crippen MR) is 119 cm³/mol. The molecule has 0 aliphatic heterocycles. The van der Waals surface area contributed by atoms with Crippen LogP contribution in [0.4, 0.5) is 10.8 Å². The molecule has 0 aliphatic rings. The Morgan fingerprint density at radius 1 is 1.17 bits per heavy atom. The Balaban J connectivity index is 1.57. The molecule has 8 nitrogen and oxygen atoms in total. The Labute approximate surface area is 184 Å². The van der Waals surface area contributed by atoms with Crippen molar-refractivity contribution in [3.63, 3.8) is 0 Å². The number of hydrogen-bond donors (Lipinski definition) is 3. The molecule has 0 spiro atoms. The number of nitrogens with zero attached hydrogens (tertiary/aromatic N) is 2. The van der Waals surface area contributed by atoms with Gasteiger partial charge in [0.15, 0.2) is 5.13 Å². The van der Waals surface area contributed by atoms with Gasteiger partial charge in [-0.25, -0.2) is 23.1 Å². The van der Waals surface area contributed by atoms with Crippen LogP contribution in [0.5, 0.6) is 0 Å². The normalized spacial score (nSPS) is 12.3. The summed E-state index contributed by atoms with van der Waals surface area (Å²) in [5, 5.41) is 12.6. The molecule has 162 valence electrons. The monoisotopic (exact) mass is 468 g/mol. The van der Waals surface area contributed by atoms with E-state index in [4.69, 9.17) is 9.52 Å². The number of benzene rings is 1. The first-order chi connectivity index (χ1) is 14.2. The minimum absolute atomic E-state index is 0.0209. The SMILES string of the molecule is CC(C)(C)c1cnc(CSc2cnc(Nc3ccc(S(=O)(=O)NCCO)cc3)s2)o1. The maximum atomic E-state index is 12.0. The van der Waals surface area contributed by atoms with E-state index in [2.05, 4.69) is 40.8 Å². The van der Waals surface area contributed by atoms with Gasteiger partial charge in [0.1, 0.15) is 5.76 Å². The van der Waals surface area contributed by atoms with Gasteiger partial charge in [-0.3, -0.25) is 0 Å². The fourth-order valence-electron chi connectivity index (χ4n) is 2.34. The molecule has 0 unspecified atom stereocenters. The minimum Gasteiger partial charge on any atom is -0.444 e. The van der Waals surface area contributed by atoms with E-state index in [0.29, 0.717) is 16.8 Å². The molecule has 3 rings (SSSR count). The maximum absolute atomic E-state index is 12.0. The summed E-state index contributed by atoms with van der Waals surface area (Å²) in [7, 11) is -3.62. The molecular formula is C19H24N4O4S3. The Bertz CT molecular complexity index is 1070. The second-order valence-electron chi connectivity index (χ2n) is 7.41. The molecule has 0 aliphatic carbocycles. The largest absolute Gasteiger partial charge is 0.444 e. The molecule has 3 aromatic rings. The summed E-state index contributed by atoms with van der Waals surface area (Å²) in [6.45, 7) is 5.97. The molecule has 0 saturated heterocycles. The van der Waals surface area contributed by atoms with Crippen LogP contribution in [-0.4, -0.2) is 36.6 Å². The standard InChI is InChI=1S/C19H24N4O4S3/c1-19(2,3)15-10-20-16(27-15)12-28-17-11-21-18(29-17)23-13-4-6-14(7-5-13)30(25,26)22-8-9-24/h4-7,10-11,22,24H,8-9,12H2,1-3H3,(H,21,23). The molecule has 0 atom stereocenters. The molecule has 0 radical (unpaired) electrons. The summed E-state index contributed by atoms with van der Waals surface area (Å²) in [6, 6.07) is 6.34. The molecular weight excluding hydrogens is 444 g/mol. The number of thioether (sulfide) groups is 1. The number of aromatic nitrogens is 2. The number of thiazole rings is 1. The van der Waals surface area contributed by atoms with E-state index in [1.165, 1.54) is 23.5 Å². The van der Waals surface area contributed by atoms with E-state index in [1.807, 2.05) is 0 Å². The van der Waals surface area contributed by atoms with Crippen molar-refractivity contribution in [3.8, 4) is 0 Å². The van der Waals surface area contributed by atoms with E-state index in [0.717, 1.165) is 15.7 Å². The molecule has 0 bridgehead atoms. The first-order valence-corrected chi connectivity index (χ1v) is 12.5. The van der Waals surface area contributed by atoms with Gasteiger partial charge in [-0.1, -0.05) is 32.1 Å². The highest BCUT2D eigenvalue weighted by atomic mass is 32.2. The first kappa shape index (κ1) is 22.8. The van der Waals surface area contributed by atoms with Gasteiger partial charge < -0.3 is 14.8 Å². The molecule has 3 N–H and O–H groups in total. The van der Waals surface area contributed by atoms with Gasteiger partial charge in [0.25, 0.3) is 0 Å². The van der Waals surface area contributed by atoms with Gasteiger partial charge >= 0.3 is 0 Å². The fourth-order valence-corrected chi connectivity index (χ4v) is 5.11. The lowest BCUT2D eigenvalue weighted by molar-refractivity contribution is 0.301. The first-order valence-electron chi connectivity index (χ1n) is 9.19. The van der Waals surface area contributed by atoms with Gasteiger partial charge in [0.2, 0.25) is 15.9 Å². The molecule has 0 saturated carbocycles. The summed E-state index contributed by atoms with van der Waals surface area (Å²) in [4.78, 5) is 8.83. The van der Waals surface area contributed by atoms with Crippen LogP contribution in [0.1, 0.15) is 32.4 Å². The second kappa shape index (κ2) is 9.48. The maximum Gasteiger partial charge on any atom is 0.240 e. The van der Waals surface area contributed by atoms with E-state index in [1.54, 1.807) is 36.3 Å². The van der Waals surface area contributed by atoms with Crippen LogP contribution >= 0.6 is 23.1 Å². The van der Waals surface area contributed by atoms with Crippen LogP contribution in [0.15, 0.2) is 50.2 Å². The zero-order valence-corrected chi connectivity index (χ0v) is 19.3. The third kappa shape index (κ3) is 6.05. The Hall–Kier alpha value is -1.92. The lowest BCUT2D eigenvalue weighted by atomic mass is 9.94. The highest BCUT2D eigenvalue weighted by molar-refractivity contribution is 8.00. The Kier molecular flexibility index (Phi) is 7.19. The van der Waals surface area contributed by atoms with Crippen LogP contribution in [-0.2, 0) is 21.2 Å². The van der Waals surface area contributed by atoms with Crippen LogP contribution in [0.3, 0.4) is 0 Å². The summed E-state index contributed by atoms with van der Waals surface area (Å²) < 4.78 is 33.2. The number of oxazole rings is 1. The molecule has 2 aromatic heterocycles. The number of rotatable bonds is 9. The van der Waals surface area contributed by atoms with E-state index < -0.39 is 10.0 Å². The average molecular weight is 469 g/mol. The van der Waals surface area contributed by atoms with Gasteiger partial charge in [-0.2, -0.15) is 0 Å². The quantitative estimate of drug-likeness (QED) is 0.407. The van der Waals surface area contributed by atoms with Crippen molar-refractivity contribution in [3.05, 3.63) is 48.3 Å². The highest BCUT2D eigenvalue weighted by Crippen LogP contribution is 2.33. The van der Waals surface area contributed by atoms with Crippen LogP contribution in [0.2, 0.25) is 0 Å². The highest BCUT2D eigenvalue weighted by Gasteiger charge is 2.19. The van der Waals surface area contributed by atoms with Gasteiger partial charge in [-0.15, -0.1) is 11.8 Å². The molecule has 30 heavy (non-hydrogen) atoms. The molecule has 2 heterocycles. The minimum atomic E-state index is -3.62. The van der Waals surface area contributed by atoms with Crippen molar-refractivity contribution < 1.29 is 17.9 Å². The van der Waals surface area contributed by atoms with Gasteiger partial charge in [0, 0.05) is 17.6 Å². The summed E-state index contributed by atoms with van der Waals surface area (Å²) in [6.07, 6.45) is 3.56. The predicted octanol–water partition coefficient (Wildman–Crippen LogP) is 3.74. The van der Waals surface area contributed by atoms with E-state index >= 15 is 0 Å². The fraction of sp³-hybridized carbons (Fsp3) is 0.368. The molecule has 0 fully saturated rings. The molecule has 0 amide bonds. The van der Waals surface area contributed by atoms with Crippen molar-refractivity contribution in [2.45, 2.75) is 41.0 Å². The van der Waals surface area contributed by atoms with Crippen LogP contribution in [0, 0.1) is 0 Å². The van der Waals surface area contributed by atoms with Crippen molar-refractivity contribution in [1.82, 2.24) is 14.7 Å². The second-order valence-corrected chi connectivity index (χ2v) is 11.5. The zero-order chi connectivity index (χ0) is 21.8. The third-order valence-corrected chi connectivity index (χ3v) is 7.50. The number of hydrogen-bond acceptors (Lipinski definition) is 9. The third-order valence-electron chi connectivity index (χ3n) is 3.93. The number of nitrogens with one attached hydrogen (secondary N) is 2. The number of aliphatic hydroxyl groups is 1. The van der Waals surface area contributed by atoms with Crippen molar-refractivity contribution in [2.75, 3.05) is 18.5 Å². The zero-order valence-electron chi connectivity index (χ0n) is 16.9. The number of aliphatic hydroxyl groups excluding tert-OH is 1. The van der Waals surface area contributed by atoms with E-state index in [-0.39, 0.29) is 23.5 Å². The Morgan fingerprint density at radius 3 is 2.53 bits per heavy atom. The number of anilines is 2. The summed E-state index contributed by atoms with van der Waals surface area (Å²) in [5.41, 5.74) is 0.658. The lowest BCUT2D eigenvalue weighted by Gasteiger charge is -2.12. The Morgan fingerprint density at radius 2 is 1.90 bits per heavy atom. The molecule has 11 heteroatoms. The average Bonchev–Trinajstić information content (AvgIpc) is 3.34. The topological polar surface area (TPSA) is 117 Å². The smallest absolute Gasteiger partial charge is 0.240 e. The van der Waals surface area contributed by atoms with Gasteiger partial charge in [0.05, 0.1) is 33.9 Å². The van der Waals surface area contributed by atoms with E-state index in [9.17, 15) is 8.42 Å². The van der Waals surface area contributed by atoms with Crippen LogP contribution < -0.4 is 10.0 Å². The summed E-state index contributed by atoms with van der Waals surface area (Å²) >= 11 is 3.09.